The van der Waals surface area contributed by atoms with Crippen LogP contribution in [-0.2, 0) is 4.79 Å². The maximum Gasteiger partial charge on any atom is 0.247 e. The van der Waals surface area contributed by atoms with E-state index in [0.29, 0.717) is 34.7 Å². The van der Waals surface area contributed by atoms with Crippen molar-refractivity contribution < 1.29 is 14.3 Å². The van der Waals surface area contributed by atoms with Gasteiger partial charge in [-0.3, -0.25) is 4.79 Å². The Balaban J connectivity index is 1.37. The van der Waals surface area contributed by atoms with Crippen LogP contribution < -0.4 is 25.0 Å². The number of likely N-dealkylation sites (N-methyl/N-ethyl adjacent to an activating group) is 1. The molecule has 1 saturated heterocycles. The fourth-order valence-electron chi connectivity index (χ4n) is 4.12. The first kappa shape index (κ1) is 24.1. The smallest absolute Gasteiger partial charge is 0.247 e. The third-order valence-electron chi connectivity index (χ3n) is 6.20. The summed E-state index contributed by atoms with van der Waals surface area (Å²) >= 11 is 0. The number of anilines is 4. The highest BCUT2D eigenvalue weighted by Gasteiger charge is 2.17. The zero-order valence-electron chi connectivity index (χ0n) is 20.8. The molecular formula is C27H29N7O3. The van der Waals surface area contributed by atoms with Gasteiger partial charge in [0.15, 0.2) is 0 Å². The fourth-order valence-corrected chi connectivity index (χ4v) is 4.12. The van der Waals surface area contributed by atoms with Crippen LogP contribution in [0.2, 0.25) is 0 Å². The Morgan fingerprint density at radius 3 is 2.59 bits per heavy atom. The second kappa shape index (κ2) is 10.6. The standard InChI is InChI=1S/C27H29N7O3/c1-4-24(35)29-18-5-8-20(9-6-18)37-26-21-11-12-28-25(21)31-27(32-26)30-22-10-7-19(17-23(22)36-3)34-15-13-33(2)14-16-34/h4-12,17H,1,13-16H2,2-3H3,(H,29,35)(H2,28,30,31,32). The Bertz CT molecular complexity index is 1410. The summed E-state index contributed by atoms with van der Waals surface area (Å²) in [6.45, 7) is 7.46. The summed E-state index contributed by atoms with van der Waals surface area (Å²) in [5.41, 5.74) is 3.14. The minimum atomic E-state index is -0.277. The maximum absolute atomic E-state index is 11.5. The lowest BCUT2D eigenvalue weighted by Crippen LogP contribution is -2.44. The highest BCUT2D eigenvalue weighted by atomic mass is 16.5. The number of H-pyrrole nitrogens is 1. The van der Waals surface area contributed by atoms with Crippen molar-refractivity contribution in [3.05, 3.63) is 67.4 Å². The Morgan fingerprint density at radius 1 is 1.08 bits per heavy atom. The molecule has 0 spiro atoms. The average molecular weight is 500 g/mol. The largest absolute Gasteiger partial charge is 0.494 e. The number of ether oxygens (including phenoxy) is 2. The minimum absolute atomic E-state index is 0.277. The van der Waals surface area contributed by atoms with Crippen LogP contribution in [0, 0.1) is 0 Å². The third-order valence-corrected chi connectivity index (χ3v) is 6.20. The number of amides is 1. The number of carbonyl (C=O) groups excluding carboxylic acids is 1. The Kier molecular flexibility index (Phi) is 6.91. The molecule has 0 saturated carbocycles. The van der Waals surface area contributed by atoms with E-state index in [4.69, 9.17) is 9.47 Å². The van der Waals surface area contributed by atoms with Crippen molar-refractivity contribution in [2.24, 2.45) is 0 Å². The normalized spacial score (nSPS) is 13.8. The van der Waals surface area contributed by atoms with Gasteiger partial charge in [-0.1, -0.05) is 6.58 Å². The molecule has 0 bridgehead atoms. The van der Waals surface area contributed by atoms with Gasteiger partial charge in [0, 0.05) is 49.8 Å². The van der Waals surface area contributed by atoms with Crippen LogP contribution in [-0.4, -0.2) is 66.1 Å². The predicted octanol–water partition coefficient (Wildman–Crippen LogP) is 4.38. The number of hydrogen-bond donors (Lipinski definition) is 3. The SMILES string of the molecule is C=CC(=O)Nc1ccc(Oc2nc(Nc3ccc(N4CCN(C)CC4)cc3OC)nc3[nH]ccc23)cc1. The van der Waals surface area contributed by atoms with Gasteiger partial charge in [-0.25, -0.2) is 0 Å². The summed E-state index contributed by atoms with van der Waals surface area (Å²) in [7, 11) is 3.79. The maximum atomic E-state index is 11.5. The van der Waals surface area contributed by atoms with Crippen molar-refractivity contribution in [2.45, 2.75) is 0 Å². The summed E-state index contributed by atoms with van der Waals surface area (Å²) in [6.07, 6.45) is 3.01. The van der Waals surface area contributed by atoms with E-state index in [0.717, 1.165) is 42.9 Å². The first-order chi connectivity index (χ1) is 18.0. The zero-order chi connectivity index (χ0) is 25.8. The van der Waals surface area contributed by atoms with Crippen LogP contribution in [0.15, 0.2) is 67.4 Å². The number of benzene rings is 2. The van der Waals surface area contributed by atoms with E-state index in [1.165, 1.54) is 6.08 Å². The van der Waals surface area contributed by atoms with Gasteiger partial charge in [-0.05, 0) is 55.6 Å². The molecule has 2 aromatic heterocycles. The summed E-state index contributed by atoms with van der Waals surface area (Å²) in [5, 5.41) is 6.73. The zero-order valence-corrected chi connectivity index (χ0v) is 20.8. The Hall–Kier alpha value is -4.57. The number of piperazine rings is 1. The molecule has 1 aliphatic heterocycles. The molecule has 3 N–H and O–H groups in total. The Morgan fingerprint density at radius 2 is 1.86 bits per heavy atom. The van der Waals surface area contributed by atoms with Gasteiger partial charge in [-0.2, -0.15) is 9.97 Å². The van der Waals surface area contributed by atoms with Crippen molar-refractivity contribution in [2.75, 3.05) is 55.9 Å². The molecule has 190 valence electrons. The molecule has 2 aromatic carbocycles. The number of hydrogen-bond acceptors (Lipinski definition) is 8. The highest BCUT2D eigenvalue weighted by Crippen LogP contribution is 2.34. The lowest BCUT2D eigenvalue weighted by Gasteiger charge is -2.34. The second-order valence-corrected chi connectivity index (χ2v) is 8.71. The van der Waals surface area contributed by atoms with E-state index in [9.17, 15) is 4.79 Å². The lowest BCUT2D eigenvalue weighted by molar-refractivity contribution is -0.111. The van der Waals surface area contributed by atoms with Crippen molar-refractivity contribution in [1.29, 1.82) is 0 Å². The summed E-state index contributed by atoms with van der Waals surface area (Å²) in [6, 6.07) is 15.0. The number of carbonyl (C=O) groups is 1. The monoisotopic (exact) mass is 499 g/mol. The molecule has 5 rings (SSSR count). The van der Waals surface area contributed by atoms with Crippen LogP contribution >= 0.6 is 0 Å². The van der Waals surface area contributed by atoms with E-state index in [2.05, 4.69) is 55.1 Å². The predicted molar refractivity (Wildman–Crippen MR) is 145 cm³/mol. The summed E-state index contributed by atoms with van der Waals surface area (Å²) in [4.78, 5) is 28.5. The van der Waals surface area contributed by atoms with Crippen LogP contribution in [0.25, 0.3) is 11.0 Å². The van der Waals surface area contributed by atoms with Crippen molar-refractivity contribution in [1.82, 2.24) is 19.9 Å². The van der Waals surface area contributed by atoms with Gasteiger partial charge < -0.3 is 34.9 Å². The molecule has 1 fully saturated rings. The number of fused-ring (bicyclic) bond motifs is 1. The summed E-state index contributed by atoms with van der Waals surface area (Å²) < 4.78 is 11.8. The van der Waals surface area contributed by atoms with E-state index < -0.39 is 0 Å². The minimum Gasteiger partial charge on any atom is -0.494 e. The number of nitrogens with one attached hydrogen (secondary N) is 3. The molecule has 10 nitrogen and oxygen atoms in total. The van der Waals surface area contributed by atoms with E-state index in [1.54, 1.807) is 37.6 Å². The molecule has 37 heavy (non-hydrogen) atoms. The molecule has 3 heterocycles. The highest BCUT2D eigenvalue weighted by molar-refractivity contribution is 5.98. The average Bonchev–Trinajstić information content (AvgIpc) is 3.39. The number of methoxy groups -OCH3 is 1. The molecular weight excluding hydrogens is 470 g/mol. The van der Waals surface area contributed by atoms with Crippen LogP contribution in [0.4, 0.5) is 23.0 Å². The van der Waals surface area contributed by atoms with Gasteiger partial charge >= 0.3 is 0 Å². The molecule has 1 aliphatic rings. The molecule has 0 unspecified atom stereocenters. The van der Waals surface area contributed by atoms with Crippen molar-refractivity contribution in [3.63, 3.8) is 0 Å². The number of nitrogens with zero attached hydrogens (tertiary/aromatic N) is 4. The molecule has 4 aromatic rings. The quantitative estimate of drug-likeness (QED) is 0.307. The second-order valence-electron chi connectivity index (χ2n) is 8.71. The first-order valence-corrected chi connectivity index (χ1v) is 12.0. The van der Waals surface area contributed by atoms with E-state index in [1.807, 2.05) is 18.2 Å². The lowest BCUT2D eigenvalue weighted by atomic mass is 10.2. The summed E-state index contributed by atoms with van der Waals surface area (Å²) in [5.74, 6) is 1.75. The molecule has 0 aliphatic carbocycles. The van der Waals surface area contributed by atoms with Gasteiger partial charge in [0.25, 0.3) is 0 Å². The van der Waals surface area contributed by atoms with Gasteiger partial charge in [0.1, 0.15) is 17.1 Å². The van der Waals surface area contributed by atoms with E-state index >= 15 is 0 Å². The van der Waals surface area contributed by atoms with Crippen LogP contribution in [0.3, 0.4) is 0 Å². The first-order valence-electron chi connectivity index (χ1n) is 12.0. The Labute approximate surface area is 214 Å². The van der Waals surface area contributed by atoms with Gasteiger partial charge in [0.2, 0.25) is 17.7 Å². The molecule has 0 atom stereocenters. The molecule has 1 amide bonds. The fraction of sp³-hybridized carbons (Fsp3) is 0.222. The molecule has 0 radical (unpaired) electrons. The van der Waals surface area contributed by atoms with Crippen molar-refractivity contribution in [3.8, 4) is 17.4 Å². The van der Waals surface area contributed by atoms with Gasteiger partial charge in [-0.15, -0.1) is 0 Å². The number of rotatable bonds is 8. The third kappa shape index (κ3) is 5.49. The number of aromatic nitrogens is 3. The topological polar surface area (TPSA) is 108 Å². The van der Waals surface area contributed by atoms with Crippen molar-refractivity contribution >= 4 is 40.0 Å². The van der Waals surface area contributed by atoms with Crippen LogP contribution in [0.1, 0.15) is 0 Å². The van der Waals surface area contributed by atoms with E-state index in [-0.39, 0.29) is 5.91 Å². The molecule has 10 heteroatoms. The van der Waals surface area contributed by atoms with Gasteiger partial charge in [0.05, 0.1) is 18.2 Å². The number of aromatic amines is 1. The van der Waals surface area contributed by atoms with Crippen LogP contribution in [0.5, 0.6) is 17.4 Å².